The van der Waals surface area contributed by atoms with E-state index in [0.29, 0.717) is 18.8 Å². The Balaban J connectivity index is 1.78. The van der Waals surface area contributed by atoms with Gasteiger partial charge in [0.25, 0.3) is 0 Å². The van der Waals surface area contributed by atoms with Gasteiger partial charge in [-0.2, -0.15) is 0 Å². The summed E-state index contributed by atoms with van der Waals surface area (Å²) in [7, 11) is 0. The van der Waals surface area contributed by atoms with Crippen molar-refractivity contribution in [3.8, 4) is 0 Å². The molecule has 25 heavy (non-hydrogen) atoms. The molecule has 0 amide bonds. The third-order valence-electron chi connectivity index (χ3n) is 5.13. The molecule has 2 heterocycles. The minimum absolute atomic E-state index is 0.202. The molecule has 0 spiro atoms. The monoisotopic (exact) mass is 339 g/mol. The first-order valence-electron chi connectivity index (χ1n) is 8.69. The molecule has 4 heteroatoms. The predicted molar refractivity (Wildman–Crippen MR) is 96.3 cm³/mol. The van der Waals surface area contributed by atoms with Gasteiger partial charge in [-0.05, 0) is 23.6 Å². The van der Waals surface area contributed by atoms with E-state index in [1.165, 1.54) is 11.6 Å². The molecule has 4 rings (SSSR count). The summed E-state index contributed by atoms with van der Waals surface area (Å²) in [4.78, 5) is 0. The number of fused-ring (bicyclic) bond motifs is 3. The zero-order valence-electron chi connectivity index (χ0n) is 14.2. The molecule has 2 unspecified atom stereocenters. The van der Waals surface area contributed by atoms with Crippen LogP contribution in [0, 0.1) is 5.82 Å². The number of rotatable bonds is 3. The topological polar surface area (TPSA) is 30.5 Å². The second-order valence-electron chi connectivity index (χ2n) is 6.64. The highest BCUT2D eigenvalue weighted by Gasteiger charge is 2.42. The molecule has 2 aromatic carbocycles. The molecule has 2 aliphatic rings. The number of allylic oxidation sites excluding steroid dienone is 1. The van der Waals surface area contributed by atoms with Crippen molar-refractivity contribution in [3.05, 3.63) is 77.6 Å². The van der Waals surface area contributed by atoms with E-state index >= 15 is 0 Å². The fraction of sp³-hybridized carbons (Fsp3) is 0.333. The van der Waals surface area contributed by atoms with Crippen LogP contribution in [-0.4, -0.2) is 19.3 Å². The fourth-order valence-electron chi connectivity index (χ4n) is 3.68. The zero-order chi connectivity index (χ0) is 17.4. The van der Waals surface area contributed by atoms with E-state index in [-0.39, 0.29) is 30.0 Å². The van der Waals surface area contributed by atoms with Crippen molar-refractivity contribution in [2.75, 3.05) is 18.5 Å². The Bertz CT molecular complexity index is 791. The summed E-state index contributed by atoms with van der Waals surface area (Å²) in [5.41, 5.74) is 3.84. The van der Waals surface area contributed by atoms with E-state index in [1.807, 2.05) is 18.2 Å². The SMILES string of the molecule is C=CC(C)c1ccc2c(c1)[C@H]1OCCOC1[C@H](c1ccccc1F)N2. The van der Waals surface area contributed by atoms with E-state index in [1.54, 1.807) is 12.1 Å². The van der Waals surface area contributed by atoms with Crippen molar-refractivity contribution in [1.82, 2.24) is 0 Å². The van der Waals surface area contributed by atoms with Crippen LogP contribution in [0.25, 0.3) is 0 Å². The number of benzene rings is 2. The lowest BCUT2D eigenvalue weighted by molar-refractivity contribution is -0.151. The van der Waals surface area contributed by atoms with Crippen molar-refractivity contribution < 1.29 is 13.9 Å². The molecule has 0 radical (unpaired) electrons. The molecular formula is C21H22FNO2. The number of ether oxygens (including phenoxy) is 2. The van der Waals surface area contributed by atoms with Crippen LogP contribution in [0.5, 0.6) is 0 Å². The summed E-state index contributed by atoms with van der Waals surface area (Å²) in [5.74, 6) is 0.0332. The summed E-state index contributed by atoms with van der Waals surface area (Å²) < 4.78 is 26.4. The summed E-state index contributed by atoms with van der Waals surface area (Å²) in [6.07, 6.45) is 1.47. The molecule has 1 N–H and O–H groups in total. The average Bonchev–Trinajstić information content (AvgIpc) is 2.67. The summed E-state index contributed by atoms with van der Waals surface area (Å²) in [6.45, 7) is 7.06. The molecule has 0 aliphatic carbocycles. The molecule has 2 aromatic rings. The highest BCUT2D eigenvalue weighted by Crippen LogP contribution is 2.45. The lowest BCUT2D eigenvalue weighted by atomic mass is 9.85. The summed E-state index contributed by atoms with van der Waals surface area (Å²) >= 11 is 0. The van der Waals surface area contributed by atoms with Crippen LogP contribution in [0.3, 0.4) is 0 Å². The Kier molecular flexibility index (Phi) is 4.32. The Morgan fingerprint density at radius 3 is 2.76 bits per heavy atom. The molecule has 1 fully saturated rings. The predicted octanol–water partition coefficient (Wildman–Crippen LogP) is 4.74. The van der Waals surface area contributed by atoms with Gasteiger partial charge >= 0.3 is 0 Å². The first kappa shape index (κ1) is 16.3. The second kappa shape index (κ2) is 6.62. The first-order valence-corrected chi connectivity index (χ1v) is 8.69. The molecular weight excluding hydrogens is 317 g/mol. The molecule has 2 aliphatic heterocycles. The average molecular weight is 339 g/mol. The van der Waals surface area contributed by atoms with Gasteiger partial charge in [0.05, 0.1) is 19.3 Å². The molecule has 0 bridgehead atoms. The Morgan fingerprint density at radius 1 is 1.16 bits per heavy atom. The maximum Gasteiger partial charge on any atom is 0.128 e. The summed E-state index contributed by atoms with van der Waals surface area (Å²) in [6, 6.07) is 12.9. The van der Waals surface area contributed by atoms with Gasteiger partial charge in [-0.1, -0.05) is 43.3 Å². The molecule has 1 saturated heterocycles. The van der Waals surface area contributed by atoms with Crippen molar-refractivity contribution in [2.45, 2.75) is 31.1 Å². The number of halogens is 1. The second-order valence-corrected chi connectivity index (χ2v) is 6.64. The van der Waals surface area contributed by atoms with Gasteiger partial charge in [0, 0.05) is 16.8 Å². The van der Waals surface area contributed by atoms with Crippen molar-refractivity contribution in [2.24, 2.45) is 0 Å². The molecule has 3 nitrogen and oxygen atoms in total. The maximum atomic E-state index is 14.4. The lowest BCUT2D eigenvalue weighted by Crippen LogP contribution is -2.43. The molecule has 130 valence electrons. The van der Waals surface area contributed by atoms with Crippen LogP contribution in [0.2, 0.25) is 0 Å². The highest BCUT2D eigenvalue weighted by molar-refractivity contribution is 5.59. The minimum atomic E-state index is -0.276. The van der Waals surface area contributed by atoms with E-state index in [9.17, 15) is 4.39 Å². The molecule has 0 aromatic heterocycles. The lowest BCUT2D eigenvalue weighted by Gasteiger charge is -2.43. The third kappa shape index (κ3) is 2.86. The van der Waals surface area contributed by atoms with Crippen LogP contribution >= 0.6 is 0 Å². The first-order chi connectivity index (χ1) is 12.2. The Morgan fingerprint density at radius 2 is 1.96 bits per heavy atom. The highest BCUT2D eigenvalue weighted by atomic mass is 19.1. The number of anilines is 1. The Labute approximate surface area is 147 Å². The quantitative estimate of drug-likeness (QED) is 0.820. The van der Waals surface area contributed by atoms with Crippen LogP contribution in [0.1, 0.15) is 41.7 Å². The van der Waals surface area contributed by atoms with Crippen molar-refractivity contribution in [3.63, 3.8) is 0 Å². The smallest absolute Gasteiger partial charge is 0.128 e. The standard InChI is InChI=1S/C21H22FNO2/c1-3-13(2)14-8-9-18-16(12-14)20-21(25-11-10-24-20)19(23-18)15-6-4-5-7-17(15)22/h3-9,12-13,19-21,23H,1,10-11H2,2H3/t13?,19-,20+,21?/m0/s1. The fourth-order valence-corrected chi connectivity index (χ4v) is 3.68. The van der Waals surface area contributed by atoms with Crippen LogP contribution < -0.4 is 5.32 Å². The van der Waals surface area contributed by atoms with Gasteiger partial charge in [-0.25, -0.2) is 4.39 Å². The van der Waals surface area contributed by atoms with Gasteiger partial charge < -0.3 is 14.8 Å². The van der Waals surface area contributed by atoms with E-state index in [0.717, 1.165) is 11.3 Å². The largest absolute Gasteiger partial charge is 0.375 e. The van der Waals surface area contributed by atoms with Crippen LogP contribution in [-0.2, 0) is 9.47 Å². The zero-order valence-corrected chi connectivity index (χ0v) is 14.2. The third-order valence-corrected chi connectivity index (χ3v) is 5.13. The number of nitrogens with one attached hydrogen (secondary N) is 1. The normalized spacial score (nSPS) is 26.1. The molecule has 0 saturated carbocycles. The van der Waals surface area contributed by atoms with Gasteiger partial charge in [0.1, 0.15) is 18.0 Å². The minimum Gasteiger partial charge on any atom is -0.375 e. The van der Waals surface area contributed by atoms with Crippen molar-refractivity contribution in [1.29, 1.82) is 0 Å². The van der Waals surface area contributed by atoms with E-state index in [4.69, 9.17) is 9.47 Å². The number of hydrogen-bond acceptors (Lipinski definition) is 3. The van der Waals surface area contributed by atoms with Crippen LogP contribution in [0.15, 0.2) is 55.1 Å². The van der Waals surface area contributed by atoms with Gasteiger partial charge in [0.15, 0.2) is 0 Å². The van der Waals surface area contributed by atoms with Crippen molar-refractivity contribution >= 4 is 5.69 Å². The number of hydrogen-bond donors (Lipinski definition) is 1. The van der Waals surface area contributed by atoms with Crippen LogP contribution in [0.4, 0.5) is 10.1 Å². The van der Waals surface area contributed by atoms with Gasteiger partial charge in [-0.3, -0.25) is 0 Å². The van der Waals surface area contributed by atoms with Gasteiger partial charge in [-0.15, -0.1) is 6.58 Å². The Hall–Kier alpha value is -2.17. The molecule has 4 atom stereocenters. The van der Waals surface area contributed by atoms with E-state index < -0.39 is 0 Å². The van der Waals surface area contributed by atoms with E-state index in [2.05, 4.69) is 31.0 Å². The summed E-state index contributed by atoms with van der Waals surface area (Å²) in [5, 5.41) is 3.47. The maximum absolute atomic E-state index is 14.4. The van der Waals surface area contributed by atoms with Gasteiger partial charge in [0.2, 0.25) is 0 Å².